The molecule has 0 bridgehead atoms. The van der Waals surface area contributed by atoms with Crippen LogP contribution in [0.5, 0.6) is 0 Å². The number of nitrogens with one attached hydrogen (secondary N) is 1. The molecule has 110 valence electrons. The second-order valence-electron chi connectivity index (χ2n) is 4.66. The fraction of sp³-hybridized carbons (Fsp3) is 0.235. The van der Waals surface area contributed by atoms with E-state index < -0.39 is 0 Å². The predicted octanol–water partition coefficient (Wildman–Crippen LogP) is 4.99. The summed E-state index contributed by atoms with van der Waals surface area (Å²) >= 11 is 7.72. The van der Waals surface area contributed by atoms with Gasteiger partial charge in [-0.1, -0.05) is 61.0 Å². The average Bonchev–Trinajstić information content (AvgIpc) is 2.51. The predicted molar refractivity (Wildman–Crippen MR) is 91.9 cm³/mol. The Morgan fingerprint density at radius 3 is 2.48 bits per heavy atom. The maximum Gasteiger partial charge on any atom is 0.237 e. The second-order valence-corrected chi connectivity index (χ2v) is 6.26. The largest absolute Gasteiger partial charge is 0.324 e. The van der Waals surface area contributed by atoms with E-state index in [0.717, 1.165) is 12.2 Å². The van der Waals surface area contributed by atoms with E-state index in [9.17, 15) is 4.79 Å². The third kappa shape index (κ3) is 4.80. The summed E-state index contributed by atoms with van der Waals surface area (Å²) in [6.45, 7) is 2.02. The van der Waals surface area contributed by atoms with Gasteiger partial charge in [-0.25, -0.2) is 0 Å². The third-order valence-electron chi connectivity index (χ3n) is 3.09. The highest BCUT2D eigenvalue weighted by molar-refractivity contribution is 7.99. The van der Waals surface area contributed by atoms with Gasteiger partial charge in [0.2, 0.25) is 5.91 Å². The number of carbonyl (C=O) groups is 1. The molecule has 2 rings (SSSR count). The normalized spacial score (nSPS) is 11.9. The van der Waals surface area contributed by atoms with Crippen molar-refractivity contribution < 1.29 is 4.79 Å². The fourth-order valence-electron chi connectivity index (χ4n) is 1.93. The molecule has 0 aliphatic carbocycles. The van der Waals surface area contributed by atoms with Crippen molar-refractivity contribution in [2.24, 2.45) is 0 Å². The number of halogens is 1. The second kappa shape index (κ2) is 8.11. The maximum atomic E-state index is 12.3. The van der Waals surface area contributed by atoms with Gasteiger partial charge in [-0.3, -0.25) is 4.79 Å². The number of amides is 1. The first-order chi connectivity index (χ1) is 10.2. The molecule has 0 spiro atoms. The summed E-state index contributed by atoms with van der Waals surface area (Å²) in [5.74, 6) is 0.835. The Labute approximate surface area is 134 Å². The zero-order valence-corrected chi connectivity index (χ0v) is 13.5. The Morgan fingerprint density at radius 1 is 1.14 bits per heavy atom. The van der Waals surface area contributed by atoms with Crippen molar-refractivity contribution in [1.29, 1.82) is 0 Å². The number of benzene rings is 2. The van der Waals surface area contributed by atoms with Gasteiger partial charge in [-0.2, -0.15) is 0 Å². The average molecular weight is 320 g/mol. The molecule has 0 fully saturated rings. The van der Waals surface area contributed by atoms with Crippen LogP contribution >= 0.6 is 23.4 Å². The first-order valence-corrected chi connectivity index (χ1v) is 8.34. The fourth-order valence-corrected chi connectivity index (χ4v) is 3.14. The van der Waals surface area contributed by atoms with Crippen molar-refractivity contribution in [2.75, 3.05) is 5.32 Å². The molecule has 0 aliphatic heterocycles. The number of carbonyl (C=O) groups excluding carboxylic acids is 1. The molecule has 1 N–H and O–H groups in total. The number of para-hydroxylation sites is 1. The monoisotopic (exact) mass is 319 g/mol. The lowest BCUT2D eigenvalue weighted by Gasteiger charge is -2.15. The van der Waals surface area contributed by atoms with Crippen molar-refractivity contribution in [3.05, 3.63) is 65.2 Å². The summed E-state index contributed by atoms with van der Waals surface area (Å²) in [5.41, 5.74) is 1.90. The number of rotatable bonds is 6. The highest BCUT2D eigenvalue weighted by atomic mass is 35.5. The summed E-state index contributed by atoms with van der Waals surface area (Å²) in [4.78, 5) is 12.3. The lowest BCUT2D eigenvalue weighted by Crippen LogP contribution is -2.24. The van der Waals surface area contributed by atoms with E-state index in [1.165, 1.54) is 5.56 Å². The molecule has 1 unspecified atom stereocenters. The zero-order valence-electron chi connectivity index (χ0n) is 11.9. The van der Waals surface area contributed by atoms with E-state index in [-0.39, 0.29) is 11.2 Å². The van der Waals surface area contributed by atoms with Crippen LogP contribution in [0.2, 0.25) is 5.02 Å². The summed E-state index contributed by atoms with van der Waals surface area (Å²) in [7, 11) is 0. The standard InChI is InChI=1S/C17H18ClNOS/c1-2-16(21-12-13-8-4-3-5-9-13)17(20)19-15-11-7-6-10-14(15)18/h3-11,16H,2,12H2,1H3,(H,19,20). The third-order valence-corrected chi connectivity index (χ3v) is 4.87. The molecule has 2 nitrogen and oxygen atoms in total. The Kier molecular flexibility index (Phi) is 6.15. The van der Waals surface area contributed by atoms with Gasteiger partial charge in [0.15, 0.2) is 0 Å². The number of anilines is 1. The lowest BCUT2D eigenvalue weighted by atomic mass is 10.2. The topological polar surface area (TPSA) is 29.1 Å². The van der Waals surface area contributed by atoms with Crippen molar-refractivity contribution in [2.45, 2.75) is 24.3 Å². The van der Waals surface area contributed by atoms with E-state index in [2.05, 4.69) is 17.4 Å². The molecule has 0 saturated heterocycles. The summed E-state index contributed by atoms with van der Waals surface area (Å²) < 4.78 is 0. The molecule has 2 aromatic rings. The van der Waals surface area contributed by atoms with Crippen LogP contribution in [0.15, 0.2) is 54.6 Å². The van der Waals surface area contributed by atoms with E-state index in [0.29, 0.717) is 10.7 Å². The van der Waals surface area contributed by atoms with E-state index in [4.69, 9.17) is 11.6 Å². The minimum atomic E-state index is -0.0820. The van der Waals surface area contributed by atoms with Gasteiger partial charge in [0.05, 0.1) is 16.0 Å². The minimum Gasteiger partial charge on any atom is -0.324 e. The van der Waals surface area contributed by atoms with Crippen molar-refractivity contribution in [3.8, 4) is 0 Å². The van der Waals surface area contributed by atoms with Crippen LogP contribution in [-0.2, 0) is 10.5 Å². The molecule has 21 heavy (non-hydrogen) atoms. The van der Waals surface area contributed by atoms with Crippen molar-refractivity contribution in [3.63, 3.8) is 0 Å². The van der Waals surface area contributed by atoms with Crippen LogP contribution < -0.4 is 5.32 Å². The molecule has 2 aromatic carbocycles. The molecular formula is C17H18ClNOS. The van der Waals surface area contributed by atoms with Crippen molar-refractivity contribution >= 4 is 35.0 Å². The van der Waals surface area contributed by atoms with E-state index in [1.54, 1.807) is 17.8 Å². The Bertz CT molecular complexity index is 588. The zero-order chi connectivity index (χ0) is 15.1. The van der Waals surface area contributed by atoms with Gasteiger partial charge >= 0.3 is 0 Å². The van der Waals surface area contributed by atoms with Crippen LogP contribution in [0, 0.1) is 0 Å². The first kappa shape index (κ1) is 15.9. The van der Waals surface area contributed by atoms with Crippen LogP contribution in [-0.4, -0.2) is 11.2 Å². The summed E-state index contributed by atoms with van der Waals surface area (Å²) in [6.07, 6.45) is 0.786. The van der Waals surface area contributed by atoms with Gasteiger partial charge in [0, 0.05) is 5.75 Å². The minimum absolute atomic E-state index is 0.00605. The molecule has 1 amide bonds. The Balaban J connectivity index is 1.94. The summed E-state index contributed by atoms with van der Waals surface area (Å²) in [5, 5.41) is 3.39. The molecule has 0 aliphatic rings. The van der Waals surface area contributed by atoms with Crippen molar-refractivity contribution in [1.82, 2.24) is 0 Å². The first-order valence-electron chi connectivity index (χ1n) is 6.91. The molecular weight excluding hydrogens is 302 g/mol. The molecule has 0 aromatic heterocycles. The molecule has 0 radical (unpaired) electrons. The Morgan fingerprint density at radius 2 is 1.81 bits per heavy atom. The lowest BCUT2D eigenvalue weighted by molar-refractivity contribution is -0.115. The van der Waals surface area contributed by atoms with Gasteiger partial charge in [0.1, 0.15) is 0 Å². The van der Waals surface area contributed by atoms with Gasteiger partial charge in [-0.05, 0) is 24.1 Å². The maximum absolute atomic E-state index is 12.3. The summed E-state index contributed by atoms with van der Waals surface area (Å²) in [6, 6.07) is 17.5. The Hall–Kier alpha value is -1.45. The molecule has 0 heterocycles. The highest BCUT2D eigenvalue weighted by Crippen LogP contribution is 2.24. The SMILES string of the molecule is CCC(SCc1ccccc1)C(=O)Nc1ccccc1Cl. The molecule has 1 atom stereocenters. The van der Waals surface area contributed by atoms with Gasteiger partial charge in [0.25, 0.3) is 0 Å². The van der Waals surface area contributed by atoms with Crippen LogP contribution in [0.4, 0.5) is 5.69 Å². The highest BCUT2D eigenvalue weighted by Gasteiger charge is 2.17. The van der Waals surface area contributed by atoms with Crippen LogP contribution in [0.3, 0.4) is 0 Å². The number of hydrogen-bond donors (Lipinski definition) is 1. The van der Waals surface area contributed by atoms with Gasteiger partial charge in [-0.15, -0.1) is 11.8 Å². The quantitative estimate of drug-likeness (QED) is 0.812. The van der Waals surface area contributed by atoms with Crippen LogP contribution in [0.1, 0.15) is 18.9 Å². The van der Waals surface area contributed by atoms with Crippen LogP contribution in [0.25, 0.3) is 0 Å². The molecule has 4 heteroatoms. The smallest absolute Gasteiger partial charge is 0.237 e. The van der Waals surface area contributed by atoms with E-state index >= 15 is 0 Å². The van der Waals surface area contributed by atoms with E-state index in [1.807, 2.05) is 43.3 Å². The number of hydrogen-bond acceptors (Lipinski definition) is 2. The molecule has 0 saturated carbocycles. The van der Waals surface area contributed by atoms with Gasteiger partial charge < -0.3 is 5.32 Å². The number of thioether (sulfide) groups is 1.